The second kappa shape index (κ2) is 7.08. The third kappa shape index (κ3) is 3.35. The molecule has 0 unspecified atom stereocenters. The Hall–Kier alpha value is -2.95. The molecule has 0 saturated carbocycles. The fourth-order valence-electron chi connectivity index (χ4n) is 2.60. The Morgan fingerprint density at radius 2 is 1.33 bits per heavy atom. The van der Waals surface area contributed by atoms with E-state index < -0.39 is 0 Å². The fraction of sp³-hybridized carbons (Fsp3) is 0.211. The number of anilines is 2. The van der Waals surface area contributed by atoms with Gasteiger partial charge in [-0.25, -0.2) is 0 Å². The Morgan fingerprint density at radius 3 is 1.96 bits per heavy atom. The molecule has 0 amide bonds. The van der Waals surface area contributed by atoms with Crippen LogP contribution in [0, 0.1) is 0 Å². The lowest BCUT2D eigenvalue weighted by Crippen LogP contribution is -2.25. The molecule has 0 spiro atoms. The van der Waals surface area contributed by atoms with Gasteiger partial charge in [0.15, 0.2) is 5.82 Å². The van der Waals surface area contributed by atoms with E-state index in [1.807, 2.05) is 30.3 Å². The van der Waals surface area contributed by atoms with Crippen LogP contribution in [0.2, 0.25) is 0 Å². The van der Waals surface area contributed by atoms with Crippen molar-refractivity contribution in [2.45, 2.75) is 13.8 Å². The molecule has 1 aromatic heterocycles. The molecule has 2 N–H and O–H groups in total. The molecule has 1 heterocycles. The van der Waals surface area contributed by atoms with Crippen LogP contribution in [-0.4, -0.2) is 28.0 Å². The van der Waals surface area contributed by atoms with Crippen LogP contribution in [0.1, 0.15) is 13.8 Å². The van der Waals surface area contributed by atoms with E-state index in [0.717, 1.165) is 24.2 Å². The van der Waals surface area contributed by atoms with Crippen molar-refractivity contribution in [2.24, 2.45) is 0 Å². The molecule has 5 nitrogen and oxygen atoms in total. The molecule has 0 aliphatic heterocycles. The molecule has 0 saturated heterocycles. The summed E-state index contributed by atoms with van der Waals surface area (Å²) >= 11 is 0. The summed E-state index contributed by atoms with van der Waals surface area (Å²) in [5.41, 5.74) is 9.15. The van der Waals surface area contributed by atoms with Gasteiger partial charge in [0.2, 0.25) is 11.9 Å². The van der Waals surface area contributed by atoms with Crippen LogP contribution < -0.4 is 10.6 Å². The van der Waals surface area contributed by atoms with Crippen LogP contribution >= 0.6 is 0 Å². The Kier molecular flexibility index (Phi) is 4.70. The van der Waals surface area contributed by atoms with Crippen molar-refractivity contribution in [1.82, 2.24) is 15.0 Å². The Balaban J connectivity index is 1.94. The minimum atomic E-state index is 0.244. The van der Waals surface area contributed by atoms with Crippen molar-refractivity contribution < 1.29 is 0 Å². The summed E-state index contributed by atoms with van der Waals surface area (Å²) in [4.78, 5) is 15.2. The van der Waals surface area contributed by atoms with E-state index in [0.29, 0.717) is 11.8 Å². The van der Waals surface area contributed by atoms with E-state index in [4.69, 9.17) is 5.73 Å². The van der Waals surface area contributed by atoms with Crippen LogP contribution in [-0.2, 0) is 0 Å². The van der Waals surface area contributed by atoms with Crippen molar-refractivity contribution >= 4 is 11.9 Å². The van der Waals surface area contributed by atoms with E-state index in [2.05, 4.69) is 58.0 Å². The van der Waals surface area contributed by atoms with E-state index in [9.17, 15) is 0 Å². The summed E-state index contributed by atoms with van der Waals surface area (Å²) < 4.78 is 0. The molecule has 0 aliphatic rings. The monoisotopic (exact) mass is 319 g/mol. The van der Waals surface area contributed by atoms with E-state index in [1.54, 1.807) is 0 Å². The van der Waals surface area contributed by atoms with Crippen molar-refractivity contribution in [3.05, 3.63) is 54.6 Å². The van der Waals surface area contributed by atoms with Crippen LogP contribution in [0.5, 0.6) is 0 Å². The summed E-state index contributed by atoms with van der Waals surface area (Å²) in [6.07, 6.45) is 0. The smallest absolute Gasteiger partial charge is 0.230 e. The Morgan fingerprint density at radius 1 is 0.750 bits per heavy atom. The number of benzene rings is 2. The molecular formula is C19H21N5. The zero-order valence-electron chi connectivity index (χ0n) is 14.0. The lowest BCUT2D eigenvalue weighted by atomic mass is 10.0. The standard InChI is InChI=1S/C19H21N5/c1-3-24(4-2)19-22-17(21-18(20)23-19)16-12-10-15(11-13-16)14-8-6-5-7-9-14/h5-13H,3-4H2,1-2H3,(H2,20,21,22,23). The van der Waals surface area contributed by atoms with Gasteiger partial charge in [0.1, 0.15) is 0 Å². The third-order valence-corrected chi connectivity index (χ3v) is 3.94. The Bertz CT molecular complexity index is 796. The molecule has 24 heavy (non-hydrogen) atoms. The third-order valence-electron chi connectivity index (χ3n) is 3.94. The first-order chi connectivity index (χ1) is 11.7. The zero-order chi connectivity index (χ0) is 16.9. The minimum Gasteiger partial charge on any atom is -0.368 e. The average molecular weight is 319 g/mol. The quantitative estimate of drug-likeness (QED) is 0.777. The van der Waals surface area contributed by atoms with Crippen LogP contribution in [0.15, 0.2) is 54.6 Å². The molecule has 3 aromatic rings. The Labute approximate surface area is 142 Å². The molecule has 122 valence electrons. The number of aromatic nitrogens is 3. The largest absolute Gasteiger partial charge is 0.368 e. The highest BCUT2D eigenvalue weighted by atomic mass is 15.3. The maximum atomic E-state index is 5.88. The summed E-state index contributed by atoms with van der Waals surface area (Å²) in [6.45, 7) is 5.79. The maximum Gasteiger partial charge on any atom is 0.230 e. The van der Waals surface area contributed by atoms with Crippen molar-refractivity contribution in [3.63, 3.8) is 0 Å². The predicted octanol–water partition coefficient (Wildman–Crippen LogP) is 3.63. The SMILES string of the molecule is CCN(CC)c1nc(N)nc(-c2ccc(-c3ccccc3)cc2)n1. The molecule has 0 atom stereocenters. The highest BCUT2D eigenvalue weighted by Gasteiger charge is 2.11. The van der Waals surface area contributed by atoms with Gasteiger partial charge in [0.05, 0.1) is 0 Å². The normalized spacial score (nSPS) is 10.6. The molecule has 0 radical (unpaired) electrons. The van der Waals surface area contributed by atoms with Crippen LogP contribution in [0.3, 0.4) is 0 Å². The zero-order valence-corrected chi connectivity index (χ0v) is 14.0. The molecular weight excluding hydrogens is 298 g/mol. The van der Waals surface area contributed by atoms with Gasteiger partial charge in [0, 0.05) is 18.7 Å². The molecule has 3 rings (SSSR count). The van der Waals surface area contributed by atoms with Gasteiger partial charge in [-0.2, -0.15) is 15.0 Å². The summed E-state index contributed by atoms with van der Waals surface area (Å²) in [5.74, 6) is 1.47. The maximum absolute atomic E-state index is 5.88. The number of rotatable bonds is 5. The van der Waals surface area contributed by atoms with Crippen molar-refractivity contribution in [1.29, 1.82) is 0 Å². The minimum absolute atomic E-state index is 0.244. The van der Waals surface area contributed by atoms with E-state index in [1.165, 1.54) is 5.56 Å². The molecule has 0 bridgehead atoms. The number of nitrogen functional groups attached to an aromatic ring is 1. The molecule has 0 fully saturated rings. The first-order valence-corrected chi connectivity index (χ1v) is 8.13. The molecule has 2 aromatic carbocycles. The average Bonchev–Trinajstić information content (AvgIpc) is 2.63. The lowest BCUT2D eigenvalue weighted by molar-refractivity contribution is 0.816. The first-order valence-electron chi connectivity index (χ1n) is 8.13. The van der Waals surface area contributed by atoms with Crippen LogP contribution in [0.25, 0.3) is 22.5 Å². The summed E-state index contributed by atoms with van der Waals surface area (Å²) in [7, 11) is 0. The van der Waals surface area contributed by atoms with Gasteiger partial charge in [-0.15, -0.1) is 0 Å². The van der Waals surface area contributed by atoms with Gasteiger partial charge in [-0.05, 0) is 25.0 Å². The van der Waals surface area contributed by atoms with Gasteiger partial charge in [-0.1, -0.05) is 54.6 Å². The highest BCUT2D eigenvalue weighted by Crippen LogP contribution is 2.24. The number of nitrogens with zero attached hydrogens (tertiary/aromatic N) is 4. The summed E-state index contributed by atoms with van der Waals surface area (Å²) in [5, 5.41) is 0. The first kappa shape index (κ1) is 15.9. The predicted molar refractivity (Wildman–Crippen MR) is 98.7 cm³/mol. The number of hydrogen-bond acceptors (Lipinski definition) is 5. The second-order valence-corrected chi connectivity index (χ2v) is 5.43. The second-order valence-electron chi connectivity index (χ2n) is 5.43. The molecule has 0 aliphatic carbocycles. The topological polar surface area (TPSA) is 67.9 Å². The fourth-order valence-corrected chi connectivity index (χ4v) is 2.60. The number of hydrogen-bond donors (Lipinski definition) is 1. The lowest BCUT2D eigenvalue weighted by Gasteiger charge is -2.18. The number of nitrogens with two attached hydrogens (primary N) is 1. The van der Waals surface area contributed by atoms with Crippen molar-refractivity contribution in [3.8, 4) is 22.5 Å². The van der Waals surface area contributed by atoms with E-state index in [-0.39, 0.29) is 5.95 Å². The van der Waals surface area contributed by atoms with E-state index >= 15 is 0 Å². The van der Waals surface area contributed by atoms with Gasteiger partial charge < -0.3 is 10.6 Å². The van der Waals surface area contributed by atoms with Crippen molar-refractivity contribution in [2.75, 3.05) is 23.7 Å². The molecule has 5 heteroatoms. The highest BCUT2D eigenvalue weighted by molar-refractivity contribution is 5.68. The van der Waals surface area contributed by atoms with Gasteiger partial charge in [0.25, 0.3) is 0 Å². The van der Waals surface area contributed by atoms with Gasteiger partial charge >= 0.3 is 0 Å². The summed E-state index contributed by atoms with van der Waals surface area (Å²) in [6, 6.07) is 18.4. The van der Waals surface area contributed by atoms with Crippen LogP contribution in [0.4, 0.5) is 11.9 Å². The van der Waals surface area contributed by atoms with Gasteiger partial charge in [-0.3, -0.25) is 0 Å².